The highest BCUT2D eigenvalue weighted by molar-refractivity contribution is 9.10. The molecule has 2 N–H and O–H groups in total. The first kappa shape index (κ1) is 14.5. The van der Waals surface area contributed by atoms with Crippen molar-refractivity contribution in [3.05, 3.63) is 28.2 Å². The molecule has 1 aromatic rings. The molecule has 0 saturated heterocycles. The van der Waals surface area contributed by atoms with E-state index >= 15 is 0 Å². The van der Waals surface area contributed by atoms with Crippen molar-refractivity contribution in [2.24, 2.45) is 0 Å². The summed E-state index contributed by atoms with van der Waals surface area (Å²) in [5.41, 5.74) is 1.10. The molecule has 1 rings (SSSR count). The topological polar surface area (TPSA) is 41.5 Å². The van der Waals surface area contributed by atoms with E-state index in [4.69, 9.17) is 9.84 Å². The molecule has 1 aromatic carbocycles. The van der Waals surface area contributed by atoms with Crippen LogP contribution < -0.4 is 10.1 Å². The number of aliphatic hydroxyl groups is 1. The molecule has 0 heterocycles. The van der Waals surface area contributed by atoms with Gasteiger partial charge in [-0.15, -0.1) is 0 Å². The van der Waals surface area contributed by atoms with E-state index < -0.39 is 0 Å². The van der Waals surface area contributed by atoms with Gasteiger partial charge in [0.2, 0.25) is 0 Å². The average Bonchev–Trinajstić information content (AvgIpc) is 2.34. The van der Waals surface area contributed by atoms with Crippen molar-refractivity contribution >= 4 is 15.9 Å². The van der Waals surface area contributed by atoms with Crippen molar-refractivity contribution in [2.75, 3.05) is 13.2 Å². The molecule has 0 radical (unpaired) electrons. The van der Waals surface area contributed by atoms with Gasteiger partial charge in [-0.3, -0.25) is 0 Å². The lowest BCUT2D eigenvalue weighted by Crippen LogP contribution is -2.28. The van der Waals surface area contributed by atoms with Crippen molar-refractivity contribution in [3.63, 3.8) is 0 Å². The van der Waals surface area contributed by atoms with Gasteiger partial charge in [0.1, 0.15) is 5.75 Å². The van der Waals surface area contributed by atoms with Crippen LogP contribution in [0.5, 0.6) is 5.75 Å². The average molecular weight is 302 g/mol. The summed E-state index contributed by atoms with van der Waals surface area (Å²) in [5.74, 6) is 0.910. The van der Waals surface area contributed by atoms with Gasteiger partial charge < -0.3 is 15.2 Å². The summed E-state index contributed by atoms with van der Waals surface area (Å²) in [5, 5.41) is 12.2. The van der Waals surface area contributed by atoms with Gasteiger partial charge in [0.25, 0.3) is 0 Å². The lowest BCUT2D eigenvalue weighted by molar-refractivity contribution is 0.250. The smallest absolute Gasteiger partial charge is 0.123 e. The van der Waals surface area contributed by atoms with E-state index in [1.807, 2.05) is 25.1 Å². The third-order valence-electron chi connectivity index (χ3n) is 2.40. The summed E-state index contributed by atoms with van der Waals surface area (Å²) in [6.07, 6.45) is 0.996. The summed E-state index contributed by atoms with van der Waals surface area (Å²) in [7, 11) is 0. The molecule has 0 bridgehead atoms. The van der Waals surface area contributed by atoms with E-state index in [9.17, 15) is 0 Å². The van der Waals surface area contributed by atoms with E-state index in [1.54, 1.807) is 0 Å². The maximum Gasteiger partial charge on any atom is 0.123 e. The highest BCUT2D eigenvalue weighted by Gasteiger charge is 2.06. The molecule has 3 nitrogen and oxygen atoms in total. The predicted molar refractivity (Wildman–Crippen MR) is 73.3 cm³/mol. The summed E-state index contributed by atoms with van der Waals surface area (Å²) < 4.78 is 6.72. The van der Waals surface area contributed by atoms with Crippen LogP contribution in [0.3, 0.4) is 0 Å². The Kier molecular flexibility index (Phi) is 6.55. The Morgan fingerprint density at radius 2 is 2.24 bits per heavy atom. The molecular weight excluding hydrogens is 282 g/mol. The van der Waals surface area contributed by atoms with E-state index in [0.29, 0.717) is 6.54 Å². The number of benzene rings is 1. The van der Waals surface area contributed by atoms with Gasteiger partial charge in [0.15, 0.2) is 0 Å². The van der Waals surface area contributed by atoms with E-state index in [1.165, 1.54) is 0 Å². The Morgan fingerprint density at radius 1 is 1.47 bits per heavy atom. The first-order valence-electron chi connectivity index (χ1n) is 5.92. The van der Waals surface area contributed by atoms with Crippen LogP contribution in [0.25, 0.3) is 0 Å². The van der Waals surface area contributed by atoms with Crippen molar-refractivity contribution < 1.29 is 9.84 Å². The van der Waals surface area contributed by atoms with E-state index in [0.717, 1.165) is 28.8 Å². The molecular formula is C13H20BrNO2. The molecule has 1 atom stereocenters. The lowest BCUT2D eigenvalue weighted by Gasteiger charge is -2.14. The molecule has 0 fully saturated rings. The van der Waals surface area contributed by atoms with Gasteiger partial charge in [-0.2, -0.15) is 0 Å². The van der Waals surface area contributed by atoms with Crippen LogP contribution in [0.1, 0.15) is 25.8 Å². The summed E-state index contributed by atoms with van der Waals surface area (Å²) in [4.78, 5) is 0. The largest absolute Gasteiger partial charge is 0.493 e. The molecule has 17 heavy (non-hydrogen) atoms. The molecule has 96 valence electrons. The van der Waals surface area contributed by atoms with Crippen molar-refractivity contribution in [1.82, 2.24) is 5.32 Å². The molecule has 0 aliphatic carbocycles. The van der Waals surface area contributed by atoms with Crippen molar-refractivity contribution in [1.29, 1.82) is 0 Å². The van der Waals surface area contributed by atoms with Crippen LogP contribution in [0, 0.1) is 0 Å². The van der Waals surface area contributed by atoms with Gasteiger partial charge >= 0.3 is 0 Å². The molecule has 0 aliphatic rings. The van der Waals surface area contributed by atoms with E-state index in [-0.39, 0.29) is 12.6 Å². The third kappa shape index (κ3) is 5.06. The highest BCUT2D eigenvalue weighted by Crippen LogP contribution is 2.23. The van der Waals surface area contributed by atoms with Crippen molar-refractivity contribution in [3.8, 4) is 5.75 Å². The standard InChI is InChI=1S/C13H20BrNO2/c1-3-6-17-13-5-4-12(14)7-11(13)8-15-10(2)9-16/h4-5,7,10,15-16H,3,6,8-9H2,1-2H3. The molecule has 1 unspecified atom stereocenters. The van der Waals surface area contributed by atoms with E-state index in [2.05, 4.69) is 28.2 Å². The minimum absolute atomic E-state index is 0.0907. The molecule has 0 aromatic heterocycles. The minimum atomic E-state index is 0.0907. The van der Waals surface area contributed by atoms with Crippen LogP contribution in [-0.4, -0.2) is 24.4 Å². The Balaban J connectivity index is 2.69. The van der Waals surface area contributed by atoms with Crippen molar-refractivity contribution in [2.45, 2.75) is 32.9 Å². The zero-order valence-electron chi connectivity index (χ0n) is 10.4. The maximum absolute atomic E-state index is 8.98. The fraction of sp³-hybridized carbons (Fsp3) is 0.538. The normalized spacial score (nSPS) is 12.5. The number of rotatable bonds is 7. The second-order valence-corrected chi connectivity index (χ2v) is 4.98. The van der Waals surface area contributed by atoms with Gasteiger partial charge in [0, 0.05) is 22.6 Å². The fourth-order valence-electron chi connectivity index (χ4n) is 1.39. The number of ether oxygens (including phenoxy) is 1. The molecule has 4 heteroatoms. The Bertz CT molecular complexity index is 344. The van der Waals surface area contributed by atoms with Gasteiger partial charge in [-0.25, -0.2) is 0 Å². The summed E-state index contributed by atoms with van der Waals surface area (Å²) in [6, 6.07) is 6.08. The Labute approximate surface area is 111 Å². The molecule has 0 amide bonds. The van der Waals surface area contributed by atoms with Gasteiger partial charge in [-0.1, -0.05) is 22.9 Å². The molecule has 0 spiro atoms. The molecule has 0 aliphatic heterocycles. The maximum atomic E-state index is 8.98. The first-order valence-corrected chi connectivity index (χ1v) is 6.72. The molecule has 0 saturated carbocycles. The zero-order valence-corrected chi connectivity index (χ0v) is 12.0. The highest BCUT2D eigenvalue weighted by atomic mass is 79.9. The second kappa shape index (κ2) is 7.69. The predicted octanol–water partition coefficient (Wildman–Crippen LogP) is 2.71. The fourth-order valence-corrected chi connectivity index (χ4v) is 1.80. The number of nitrogens with one attached hydrogen (secondary N) is 1. The van der Waals surface area contributed by atoms with Gasteiger partial charge in [-0.05, 0) is 31.5 Å². The SMILES string of the molecule is CCCOc1ccc(Br)cc1CNC(C)CO. The summed E-state index contributed by atoms with van der Waals surface area (Å²) >= 11 is 3.46. The van der Waals surface area contributed by atoms with Crippen LogP contribution in [0.15, 0.2) is 22.7 Å². The van der Waals surface area contributed by atoms with Gasteiger partial charge in [0.05, 0.1) is 13.2 Å². The number of aliphatic hydroxyl groups excluding tert-OH is 1. The summed E-state index contributed by atoms with van der Waals surface area (Å²) in [6.45, 7) is 5.60. The Hall–Kier alpha value is -0.580. The monoisotopic (exact) mass is 301 g/mol. The van der Waals surface area contributed by atoms with Crippen LogP contribution in [0.2, 0.25) is 0 Å². The van der Waals surface area contributed by atoms with Crippen LogP contribution in [-0.2, 0) is 6.54 Å². The zero-order chi connectivity index (χ0) is 12.7. The van der Waals surface area contributed by atoms with Crippen LogP contribution in [0.4, 0.5) is 0 Å². The lowest BCUT2D eigenvalue weighted by atomic mass is 10.2. The number of halogens is 1. The number of hydrogen-bond donors (Lipinski definition) is 2. The quantitative estimate of drug-likeness (QED) is 0.814. The Morgan fingerprint density at radius 3 is 2.88 bits per heavy atom. The number of hydrogen-bond acceptors (Lipinski definition) is 3. The minimum Gasteiger partial charge on any atom is -0.493 e. The first-order chi connectivity index (χ1) is 8.17. The van der Waals surface area contributed by atoms with Crippen LogP contribution >= 0.6 is 15.9 Å². The second-order valence-electron chi connectivity index (χ2n) is 4.07. The third-order valence-corrected chi connectivity index (χ3v) is 2.89.